The van der Waals surface area contributed by atoms with E-state index in [9.17, 15) is 4.79 Å². The van der Waals surface area contributed by atoms with E-state index in [0.29, 0.717) is 22.3 Å². The molecule has 0 atom stereocenters. The first-order chi connectivity index (χ1) is 14.6. The summed E-state index contributed by atoms with van der Waals surface area (Å²) >= 11 is 11.9. The number of carbonyl (C=O) groups is 1. The van der Waals surface area contributed by atoms with E-state index < -0.39 is 5.91 Å². The van der Waals surface area contributed by atoms with Crippen LogP contribution < -0.4 is 10.1 Å². The minimum Gasteiger partial charge on any atom is -0.470 e. The summed E-state index contributed by atoms with van der Waals surface area (Å²) in [5.41, 5.74) is 1.23. The molecule has 2 aromatic carbocycles. The lowest BCUT2D eigenvalue weighted by atomic mass is 10.2. The number of para-hydroxylation sites is 1. The highest BCUT2D eigenvalue weighted by Gasteiger charge is 2.13. The molecule has 0 spiro atoms. The van der Waals surface area contributed by atoms with Crippen molar-refractivity contribution in [3.8, 4) is 5.75 Å². The highest BCUT2D eigenvalue weighted by molar-refractivity contribution is 6.32. The van der Waals surface area contributed by atoms with Crippen molar-refractivity contribution >= 4 is 35.1 Å². The third-order valence-electron chi connectivity index (χ3n) is 4.08. The molecule has 0 aliphatic heterocycles. The minimum atomic E-state index is -0.421. The molecule has 0 saturated heterocycles. The predicted octanol–water partition coefficient (Wildman–Crippen LogP) is 4.12. The zero-order valence-electron chi connectivity index (χ0n) is 15.6. The number of halogens is 2. The van der Waals surface area contributed by atoms with Gasteiger partial charge in [-0.3, -0.25) is 10.1 Å². The van der Waals surface area contributed by atoms with E-state index in [-0.39, 0.29) is 18.4 Å². The number of aromatic nitrogens is 5. The van der Waals surface area contributed by atoms with Crippen molar-refractivity contribution in [1.29, 1.82) is 0 Å². The van der Waals surface area contributed by atoms with E-state index in [1.54, 1.807) is 35.4 Å². The minimum absolute atomic E-state index is 0.116. The smallest absolute Gasteiger partial charge is 0.278 e. The third kappa shape index (κ3) is 4.97. The zero-order valence-corrected chi connectivity index (χ0v) is 17.1. The highest BCUT2D eigenvalue weighted by atomic mass is 35.5. The Morgan fingerprint density at radius 1 is 1.00 bits per heavy atom. The van der Waals surface area contributed by atoms with Crippen LogP contribution in [0.15, 0.2) is 67.1 Å². The Hall–Kier alpha value is -3.36. The van der Waals surface area contributed by atoms with Crippen LogP contribution in [0.25, 0.3) is 0 Å². The van der Waals surface area contributed by atoms with E-state index in [1.807, 2.05) is 36.4 Å². The van der Waals surface area contributed by atoms with Crippen molar-refractivity contribution in [1.82, 2.24) is 24.5 Å². The van der Waals surface area contributed by atoms with Gasteiger partial charge in [0.05, 0.1) is 11.6 Å². The fourth-order valence-corrected chi connectivity index (χ4v) is 2.94. The molecule has 30 heavy (non-hydrogen) atoms. The van der Waals surface area contributed by atoms with Gasteiger partial charge in [-0.2, -0.15) is 5.10 Å². The first kappa shape index (κ1) is 19.9. The monoisotopic (exact) mass is 442 g/mol. The van der Waals surface area contributed by atoms with Crippen molar-refractivity contribution in [3.05, 3.63) is 88.4 Å². The van der Waals surface area contributed by atoms with Crippen molar-refractivity contribution in [2.24, 2.45) is 0 Å². The maximum atomic E-state index is 12.4. The summed E-state index contributed by atoms with van der Waals surface area (Å²) < 4.78 is 8.71. The Bertz CT molecular complexity index is 1160. The van der Waals surface area contributed by atoms with Crippen LogP contribution in [0.4, 0.5) is 5.95 Å². The lowest BCUT2D eigenvalue weighted by Crippen LogP contribution is -2.15. The molecule has 4 rings (SSSR count). The van der Waals surface area contributed by atoms with Crippen molar-refractivity contribution in [3.63, 3.8) is 0 Å². The molecule has 1 N–H and O–H groups in total. The maximum Gasteiger partial charge on any atom is 0.278 e. The lowest BCUT2D eigenvalue weighted by Gasteiger charge is -2.07. The number of anilines is 1. The first-order valence-corrected chi connectivity index (χ1v) is 9.68. The Morgan fingerprint density at radius 3 is 2.60 bits per heavy atom. The summed E-state index contributed by atoms with van der Waals surface area (Å²) in [5, 5.41) is 12.2. The summed E-state index contributed by atoms with van der Waals surface area (Å²) in [6, 6.07) is 16.1. The summed E-state index contributed by atoms with van der Waals surface area (Å²) in [4.78, 5) is 16.5. The number of ether oxygens (including phenoxy) is 1. The third-order valence-corrected chi connectivity index (χ3v) is 4.65. The second-order valence-electron chi connectivity index (χ2n) is 6.29. The standard InChI is InChI=1S/C20H16Cl2N6O2/c21-15-7-5-14(6-8-15)11-28-12-23-20(26-28)24-19(29)17-9-10-27(25-17)13-30-18-4-2-1-3-16(18)22/h1-10,12H,11,13H2,(H,24,26,29). The summed E-state index contributed by atoms with van der Waals surface area (Å²) in [5.74, 6) is 0.308. The molecule has 152 valence electrons. The molecule has 10 heteroatoms. The largest absolute Gasteiger partial charge is 0.470 e. The van der Waals surface area contributed by atoms with Crippen LogP contribution in [-0.2, 0) is 13.3 Å². The topological polar surface area (TPSA) is 86.9 Å². The van der Waals surface area contributed by atoms with E-state index in [1.165, 1.54) is 4.68 Å². The fourth-order valence-electron chi connectivity index (χ4n) is 2.62. The second-order valence-corrected chi connectivity index (χ2v) is 7.13. The quantitative estimate of drug-likeness (QED) is 0.465. The van der Waals surface area contributed by atoms with E-state index in [0.717, 1.165) is 5.56 Å². The van der Waals surface area contributed by atoms with Gasteiger partial charge in [0, 0.05) is 11.2 Å². The average Bonchev–Trinajstić information content (AvgIpc) is 3.39. The van der Waals surface area contributed by atoms with Gasteiger partial charge in [0.1, 0.15) is 12.1 Å². The number of carbonyl (C=O) groups excluding carboxylic acids is 1. The van der Waals surface area contributed by atoms with Gasteiger partial charge in [0.2, 0.25) is 5.95 Å². The van der Waals surface area contributed by atoms with Crippen molar-refractivity contribution in [2.45, 2.75) is 13.3 Å². The van der Waals surface area contributed by atoms with Crippen LogP contribution in [0.5, 0.6) is 5.75 Å². The molecule has 0 aliphatic rings. The molecule has 1 amide bonds. The summed E-state index contributed by atoms with van der Waals surface area (Å²) in [6.07, 6.45) is 3.18. The van der Waals surface area contributed by atoms with Gasteiger partial charge >= 0.3 is 0 Å². The predicted molar refractivity (Wildman–Crippen MR) is 113 cm³/mol. The van der Waals surface area contributed by atoms with Crippen LogP contribution >= 0.6 is 23.2 Å². The maximum absolute atomic E-state index is 12.4. The molecule has 0 radical (unpaired) electrons. The summed E-state index contributed by atoms with van der Waals surface area (Å²) in [6.45, 7) is 0.624. The van der Waals surface area contributed by atoms with Crippen LogP contribution in [0.2, 0.25) is 10.0 Å². The van der Waals surface area contributed by atoms with E-state index in [2.05, 4.69) is 20.5 Å². The van der Waals surface area contributed by atoms with Crippen LogP contribution in [0.3, 0.4) is 0 Å². The van der Waals surface area contributed by atoms with Crippen molar-refractivity contribution in [2.75, 3.05) is 5.32 Å². The van der Waals surface area contributed by atoms with Gasteiger partial charge in [-0.25, -0.2) is 14.3 Å². The van der Waals surface area contributed by atoms with Crippen molar-refractivity contribution < 1.29 is 9.53 Å². The Morgan fingerprint density at radius 2 is 1.80 bits per heavy atom. The number of amides is 1. The molecular formula is C20H16Cl2N6O2. The molecule has 0 bridgehead atoms. The number of rotatable bonds is 7. The summed E-state index contributed by atoms with van der Waals surface area (Å²) in [7, 11) is 0. The molecule has 2 heterocycles. The molecule has 0 unspecified atom stereocenters. The molecule has 4 aromatic rings. The molecule has 8 nitrogen and oxygen atoms in total. The number of benzene rings is 2. The lowest BCUT2D eigenvalue weighted by molar-refractivity contribution is 0.101. The Labute approximate surface area is 182 Å². The normalized spacial score (nSPS) is 10.7. The Balaban J connectivity index is 1.34. The van der Waals surface area contributed by atoms with Gasteiger partial charge in [0.15, 0.2) is 12.4 Å². The van der Waals surface area contributed by atoms with E-state index >= 15 is 0 Å². The SMILES string of the molecule is O=C(Nc1ncn(Cc2ccc(Cl)cc2)n1)c1ccn(COc2ccccc2Cl)n1. The number of nitrogens with zero attached hydrogens (tertiary/aromatic N) is 5. The molecule has 0 fully saturated rings. The molecular weight excluding hydrogens is 427 g/mol. The molecule has 2 aromatic heterocycles. The number of hydrogen-bond acceptors (Lipinski definition) is 5. The van der Waals surface area contributed by atoms with Gasteiger partial charge in [-0.05, 0) is 35.9 Å². The highest BCUT2D eigenvalue weighted by Crippen LogP contribution is 2.23. The number of nitrogens with one attached hydrogen (secondary N) is 1. The van der Waals surface area contributed by atoms with Gasteiger partial charge in [-0.1, -0.05) is 47.5 Å². The van der Waals surface area contributed by atoms with Crippen LogP contribution in [-0.4, -0.2) is 30.5 Å². The zero-order chi connectivity index (χ0) is 20.9. The van der Waals surface area contributed by atoms with Gasteiger partial charge in [0.25, 0.3) is 5.91 Å². The fraction of sp³-hybridized carbons (Fsp3) is 0.100. The van der Waals surface area contributed by atoms with E-state index in [4.69, 9.17) is 27.9 Å². The van der Waals surface area contributed by atoms with Gasteiger partial charge in [-0.15, -0.1) is 5.10 Å². The van der Waals surface area contributed by atoms with Crippen LogP contribution in [0, 0.1) is 0 Å². The molecule has 0 aliphatic carbocycles. The molecule has 0 saturated carbocycles. The Kier molecular flexibility index (Phi) is 5.97. The average molecular weight is 443 g/mol. The second kappa shape index (κ2) is 8.98. The number of hydrogen-bond donors (Lipinski definition) is 1. The van der Waals surface area contributed by atoms with Gasteiger partial charge < -0.3 is 4.74 Å². The van der Waals surface area contributed by atoms with Crippen LogP contribution in [0.1, 0.15) is 16.1 Å². The first-order valence-electron chi connectivity index (χ1n) is 8.93.